The van der Waals surface area contributed by atoms with Gasteiger partial charge in [-0.15, -0.1) is 0 Å². The number of carbonyl (C=O) groups excluding carboxylic acids is 1. The number of aryl methyl sites for hydroxylation is 1. The van der Waals surface area contributed by atoms with Crippen molar-refractivity contribution in [3.8, 4) is 5.75 Å². The molecule has 2 aromatic rings. The first-order valence-corrected chi connectivity index (χ1v) is 8.44. The van der Waals surface area contributed by atoms with Crippen LogP contribution in [-0.4, -0.2) is 17.6 Å². The predicted molar refractivity (Wildman–Crippen MR) is 102 cm³/mol. The van der Waals surface area contributed by atoms with Crippen LogP contribution < -0.4 is 15.4 Å². The van der Waals surface area contributed by atoms with Gasteiger partial charge in [0.05, 0.1) is 6.61 Å². The van der Waals surface area contributed by atoms with E-state index < -0.39 is 0 Å². The largest absolute Gasteiger partial charge is 0.494 e. The Morgan fingerprint density at radius 2 is 2.00 bits per heavy atom. The lowest BCUT2D eigenvalue weighted by Crippen LogP contribution is -2.34. The minimum atomic E-state index is -0.159. The summed E-state index contributed by atoms with van der Waals surface area (Å²) in [7, 11) is 0. The number of amides is 1. The highest BCUT2D eigenvalue weighted by molar-refractivity contribution is 7.80. The first-order chi connectivity index (χ1) is 11.6. The van der Waals surface area contributed by atoms with E-state index in [4.69, 9.17) is 28.6 Å². The Morgan fingerprint density at radius 3 is 2.75 bits per heavy atom. The van der Waals surface area contributed by atoms with Crippen molar-refractivity contribution in [1.29, 1.82) is 0 Å². The van der Waals surface area contributed by atoms with Gasteiger partial charge >= 0.3 is 0 Å². The number of hydrogen-bond donors (Lipinski definition) is 2. The first-order valence-electron chi connectivity index (χ1n) is 7.65. The van der Waals surface area contributed by atoms with Crippen molar-refractivity contribution in [1.82, 2.24) is 5.32 Å². The summed E-state index contributed by atoms with van der Waals surface area (Å²) in [4.78, 5) is 12.0. The zero-order valence-electron chi connectivity index (χ0n) is 13.3. The maximum Gasteiger partial charge on any atom is 0.226 e. The van der Waals surface area contributed by atoms with Crippen molar-refractivity contribution in [3.05, 3.63) is 59.1 Å². The molecule has 0 aromatic heterocycles. The van der Waals surface area contributed by atoms with Crippen LogP contribution in [0.2, 0.25) is 5.02 Å². The molecule has 1 amide bonds. The highest BCUT2D eigenvalue weighted by atomic mass is 35.5. The summed E-state index contributed by atoms with van der Waals surface area (Å²) in [6.07, 6.45) is 0.873. The molecule has 2 N–H and O–H groups in total. The monoisotopic (exact) mass is 362 g/mol. The lowest BCUT2D eigenvalue weighted by molar-refractivity contribution is -0.119. The van der Waals surface area contributed by atoms with Crippen LogP contribution in [0.4, 0.5) is 5.69 Å². The highest BCUT2D eigenvalue weighted by Crippen LogP contribution is 2.18. The van der Waals surface area contributed by atoms with Gasteiger partial charge in [-0.1, -0.05) is 35.9 Å². The van der Waals surface area contributed by atoms with Crippen molar-refractivity contribution in [2.45, 2.75) is 19.8 Å². The fourth-order valence-corrected chi connectivity index (χ4v) is 2.59. The summed E-state index contributed by atoms with van der Waals surface area (Å²) in [6, 6.07) is 14.9. The Morgan fingerprint density at radius 1 is 1.21 bits per heavy atom. The van der Waals surface area contributed by atoms with Crippen LogP contribution >= 0.6 is 23.8 Å². The van der Waals surface area contributed by atoms with Crippen molar-refractivity contribution in [3.63, 3.8) is 0 Å². The Labute approximate surface area is 152 Å². The molecule has 2 aromatic carbocycles. The van der Waals surface area contributed by atoms with Crippen molar-refractivity contribution >= 4 is 40.5 Å². The molecule has 0 spiro atoms. The molecule has 2 rings (SSSR count). The Hall–Kier alpha value is -2.11. The van der Waals surface area contributed by atoms with Gasteiger partial charge in [-0.3, -0.25) is 4.79 Å². The summed E-state index contributed by atoms with van der Waals surface area (Å²) in [5.41, 5.74) is 1.70. The number of anilines is 1. The molecule has 0 fully saturated rings. The van der Waals surface area contributed by atoms with Crippen molar-refractivity contribution < 1.29 is 9.53 Å². The number of rotatable bonds is 6. The average Bonchev–Trinajstić information content (AvgIpc) is 2.54. The Kier molecular flexibility index (Phi) is 7.03. The van der Waals surface area contributed by atoms with Gasteiger partial charge in [0.25, 0.3) is 0 Å². The second-order valence-corrected chi connectivity index (χ2v) is 5.87. The van der Waals surface area contributed by atoms with Crippen molar-refractivity contribution in [2.75, 3.05) is 11.9 Å². The molecule has 0 bridgehead atoms. The van der Waals surface area contributed by atoms with Gasteiger partial charge in [0.2, 0.25) is 5.91 Å². The zero-order chi connectivity index (χ0) is 17.4. The average molecular weight is 363 g/mol. The Bertz CT molecular complexity index is 722. The van der Waals surface area contributed by atoms with E-state index in [1.54, 1.807) is 0 Å². The van der Waals surface area contributed by atoms with Gasteiger partial charge in [-0.25, -0.2) is 0 Å². The minimum absolute atomic E-state index is 0.159. The number of thiocarbonyl (C=S) groups is 1. The van der Waals surface area contributed by atoms with Crippen LogP contribution in [-0.2, 0) is 11.2 Å². The summed E-state index contributed by atoms with van der Waals surface area (Å²) in [5, 5.41) is 6.56. The van der Waals surface area contributed by atoms with Crippen molar-refractivity contribution in [2.24, 2.45) is 0 Å². The van der Waals surface area contributed by atoms with E-state index in [1.807, 2.05) is 55.5 Å². The van der Waals surface area contributed by atoms with E-state index in [0.29, 0.717) is 24.5 Å². The zero-order valence-corrected chi connectivity index (χ0v) is 14.9. The van der Waals surface area contributed by atoms with Gasteiger partial charge in [-0.05, 0) is 49.3 Å². The number of carbonyl (C=O) groups is 1. The maximum atomic E-state index is 12.0. The SMILES string of the molecule is CCOc1cccc(NC(=S)NC(=O)CCc2ccccc2Cl)c1. The third-order valence-electron chi connectivity index (χ3n) is 3.24. The van der Waals surface area contributed by atoms with Crippen LogP contribution in [0.1, 0.15) is 18.9 Å². The van der Waals surface area contributed by atoms with Gasteiger partial charge in [0.1, 0.15) is 5.75 Å². The van der Waals surface area contributed by atoms with Crippen LogP contribution in [0.3, 0.4) is 0 Å². The maximum absolute atomic E-state index is 12.0. The summed E-state index contributed by atoms with van der Waals surface area (Å²) in [5.74, 6) is 0.587. The quantitative estimate of drug-likeness (QED) is 0.757. The first kappa shape index (κ1) is 18.2. The molecule has 0 aliphatic rings. The smallest absolute Gasteiger partial charge is 0.226 e. The third kappa shape index (κ3) is 5.83. The number of hydrogen-bond acceptors (Lipinski definition) is 3. The highest BCUT2D eigenvalue weighted by Gasteiger charge is 2.07. The van der Waals surface area contributed by atoms with Gasteiger partial charge < -0.3 is 15.4 Å². The van der Waals surface area contributed by atoms with E-state index in [1.165, 1.54) is 0 Å². The normalized spacial score (nSPS) is 10.1. The van der Waals surface area contributed by atoms with E-state index in [9.17, 15) is 4.79 Å². The number of halogens is 1. The summed E-state index contributed by atoms with van der Waals surface area (Å²) in [6.45, 7) is 2.51. The molecule has 0 aliphatic heterocycles. The molecule has 0 saturated carbocycles. The molecule has 24 heavy (non-hydrogen) atoms. The lowest BCUT2D eigenvalue weighted by Gasteiger charge is -2.11. The van der Waals surface area contributed by atoms with Crippen LogP contribution in [0, 0.1) is 0 Å². The third-order valence-corrected chi connectivity index (χ3v) is 3.81. The van der Waals surface area contributed by atoms with Crippen LogP contribution in [0.5, 0.6) is 5.75 Å². The molecule has 0 atom stereocenters. The minimum Gasteiger partial charge on any atom is -0.494 e. The Balaban J connectivity index is 1.82. The molecule has 0 aliphatic carbocycles. The summed E-state index contributed by atoms with van der Waals surface area (Å²) >= 11 is 11.2. The van der Waals surface area contributed by atoms with Gasteiger partial charge in [0, 0.05) is 23.2 Å². The van der Waals surface area contributed by atoms with Gasteiger partial charge in [-0.2, -0.15) is 0 Å². The molecule has 0 unspecified atom stereocenters. The molecule has 126 valence electrons. The molecule has 6 heteroatoms. The molecule has 0 heterocycles. The lowest BCUT2D eigenvalue weighted by atomic mass is 10.1. The summed E-state index contributed by atoms with van der Waals surface area (Å²) < 4.78 is 5.42. The number of nitrogens with one attached hydrogen (secondary N) is 2. The topological polar surface area (TPSA) is 50.4 Å². The fourth-order valence-electron chi connectivity index (χ4n) is 2.13. The van der Waals surface area contributed by atoms with E-state index in [-0.39, 0.29) is 11.0 Å². The standard InChI is InChI=1S/C18H19ClN2O2S/c1-2-23-15-8-5-7-14(12-15)20-18(24)21-17(22)11-10-13-6-3-4-9-16(13)19/h3-9,12H,2,10-11H2,1H3,(H2,20,21,22,24). The van der Waals surface area contributed by atoms with Gasteiger partial charge in [0.15, 0.2) is 5.11 Å². The predicted octanol–water partition coefficient (Wildman–Crippen LogP) is 4.18. The molecular formula is C18H19ClN2O2S. The van der Waals surface area contributed by atoms with E-state index in [0.717, 1.165) is 17.0 Å². The van der Waals surface area contributed by atoms with E-state index in [2.05, 4.69) is 10.6 Å². The molecule has 0 radical (unpaired) electrons. The number of ether oxygens (including phenoxy) is 1. The molecule has 4 nitrogen and oxygen atoms in total. The second-order valence-electron chi connectivity index (χ2n) is 5.05. The molecular weight excluding hydrogens is 344 g/mol. The number of benzene rings is 2. The molecule has 0 saturated heterocycles. The van der Waals surface area contributed by atoms with Crippen LogP contribution in [0.25, 0.3) is 0 Å². The van der Waals surface area contributed by atoms with Crippen LogP contribution in [0.15, 0.2) is 48.5 Å². The van der Waals surface area contributed by atoms with E-state index >= 15 is 0 Å². The second kappa shape index (κ2) is 9.25. The fraction of sp³-hybridized carbons (Fsp3) is 0.222.